The van der Waals surface area contributed by atoms with Crippen molar-refractivity contribution in [3.05, 3.63) is 152 Å². The van der Waals surface area contributed by atoms with Gasteiger partial charge in [-0.3, -0.25) is 0 Å². The highest BCUT2D eigenvalue weighted by Crippen LogP contribution is 2.52. The summed E-state index contributed by atoms with van der Waals surface area (Å²) in [5.41, 5.74) is 0. The van der Waals surface area contributed by atoms with E-state index in [2.05, 4.69) is 72.8 Å². The Balaban J connectivity index is 2.02. The maximum atomic E-state index is 16.1. The van der Waals surface area contributed by atoms with Gasteiger partial charge in [0.2, 0.25) is 7.74 Å². The van der Waals surface area contributed by atoms with Crippen molar-refractivity contribution in [3.63, 3.8) is 0 Å². The Hall–Kier alpha value is -3.45. The highest BCUT2D eigenvalue weighted by molar-refractivity contribution is 8.14. The third-order valence-corrected chi connectivity index (χ3v) is 19.5. The van der Waals surface area contributed by atoms with E-state index in [1.54, 1.807) is 0 Å². The van der Waals surface area contributed by atoms with Crippen molar-refractivity contribution in [2.24, 2.45) is 0 Å². The van der Waals surface area contributed by atoms with Crippen molar-refractivity contribution in [1.29, 1.82) is 0 Å². The Morgan fingerprint density at radius 3 is 0.879 bits per heavy atom. The van der Waals surface area contributed by atoms with Crippen LogP contribution in [0.3, 0.4) is 0 Å². The summed E-state index contributed by atoms with van der Waals surface area (Å²) >= 11 is 0. The van der Waals surface area contributed by atoms with Gasteiger partial charge in [0.1, 0.15) is 6.69 Å². The first-order valence-corrected chi connectivity index (χ1v) is 15.7. The van der Waals surface area contributed by atoms with Crippen molar-refractivity contribution in [3.8, 4) is 0 Å². The lowest BCUT2D eigenvalue weighted by Crippen LogP contribution is -2.69. The number of benzene rings is 5. The van der Waals surface area contributed by atoms with E-state index in [9.17, 15) is 0 Å². The van der Waals surface area contributed by atoms with Crippen molar-refractivity contribution in [2.75, 3.05) is 0 Å². The van der Waals surface area contributed by atoms with Gasteiger partial charge in [-0.1, -0.05) is 152 Å². The van der Waals surface area contributed by atoms with Crippen molar-refractivity contribution < 1.29 is 4.57 Å². The van der Waals surface area contributed by atoms with E-state index in [1.165, 1.54) is 0 Å². The monoisotopic (exact) mass is 460 g/mol. The topological polar surface area (TPSA) is 17.1 Å². The van der Waals surface area contributed by atoms with Crippen LogP contribution in [0.1, 0.15) is 0 Å². The molecule has 0 saturated carbocycles. The minimum atomic E-state index is -3.19. The Labute approximate surface area is 196 Å². The van der Waals surface area contributed by atoms with Gasteiger partial charge >= 0.3 is 0 Å². The van der Waals surface area contributed by atoms with Crippen LogP contribution >= 0.6 is 6.69 Å². The summed E-state index contributed by atoms with van der Waals surface area (Å²) in [5.74, 6) is 0. The minimum absolute atomic E-state index is 0.902. The average Bonchev–Trinajstić information content (AvgIpc) is 2.92. The fourth-order valence-corrected chi connectivity index (χ4v) is 19.1. The fourth-order valence-electron chi connectivity index (χ4n) is 4.90. The number of rotatable bonds is 6. The molecule has 0 N–H and O–H groups in total. The quantitative estimate of drug-likeness (QED) is 0.205. The molecule has 0 aliphatic rings. The van der Waals surface area contributed by atoms with Crippen LogP contribution in [0.5, 0.6) is 0 Å². The lowest BCUT2D eigenvalue weighted by Gasteiger charge is -2.41. The fraction of sp³-hybridized carbons (Fsp3) is 0. The van der Waals surface area contributed by atoms with Crippen LogP contribution in [-0.2, 0) is 4.57 Å². The summed E-state index contributed by atoms with van der Waals surface area (Å²) in [6.07, 6.45) is 0. The maximum Gasteiger partial charge on any atom is 0.229 e. The van der Waals surface area contributed by atoms with Gasteiger partial charge in [0, 0.05) is 10.6 Å². The van der Waals surface area contributed by atoms with Crippen molar-refractivity contribution >= 4 is 40.6 Å². The molecule has 0 amide bonds. The van der Waals surface area contributed by atoms with Gasteiger partial charge < -0.3 is 4.57 Å². The van der Waals surface area contributed by atoms with Gasteiger partial charge in [0.25, 0.3) is 0 Å². The molecule has 5 aromatic rings. The van der Waals surface area contributed by atoms with E-state index in [4.69, 9.17) is 0 Å². The van der Waals surface area contributed by atoms with E-state index in [0.29, 0.717) is 0 Å². The normalized spacial score (nSPS) is 11.8. The molecule has 0 unspecified atom stereocenters. The Morgan fingerprint density at radius 2 is 0.606 bits per heavy atom. The molecule has 5 rings (SSSR count). The van der Waals surface area contributed by atoms with E-state index in [-0.39, 0.29) is 0 Å². The second-order valence-electron chi connectivity index (χ2n) is 8.09. The predicted molar refractivity (Wildman–Crippen MR) is 144 cm³/mol. The summed E-state index contributed by atoms with van der Waals surface area (Å²) in [4.78, 5) is 0. The zero-order valence-electron chi connectivity index (χ0n) is 18.3. The zero-order chi connectivity index (χ0) is 22.6. The molecule has 0 radical (unpaired) electrons. The maximum absolute atomic E-state index is 16.1. The summed E-state index contributed by atoms with van der Waals surface area (Å²) < 4.78 is 16.1. The molecule has 0 bridgehead atoms. The second kappa shape index (κ2) is 9.19. The van der Waals surface area contributed by atoms with Gasteiger partial charge in [-0.15, -0.1) is 0 Å². The Bertz CT molecular complexity index is 1220. The molecule has 0 heterocycles. The molecule has 1 nitrogen and oxygen atoms in total. The SMILES string of the molecule is O=P(c1ccccc1)(c1ccccc1)[Si](c1ccccc1)(c1ccccc1)c1ccccc1. The van der Waals surface area contributed by atoms with Crippen molar-refractivity contribution in [2.45, 2.75) is 0 Å². The van der Waals surface area contributed by atoms with Gasteiger partial charge in [-0.2, -0.15) is 0 Å². The van der Waals surface area contributed by atoms with Crippen LogP contribution in [0, 0.1) is 0 Å². The molecule has 0 atom stereocenters. The first-order chi connectivity index (χ1) is 16.3. The van der Waals surface area contributed by atoms with E-state index in [1.807, 2.05) is 78.9 Å². The van der Waals surface area contributed by atoms with Crippen LogP contribution in [-0.4, -0.2) is 7.74 Å². The summed E-state index contributed by atoms with van der Waals surface area (Å²) in [6, 6.07) is 51.8. The van der Waals surface area contributed by atoms with E-state index in [0.717, 1.165) is 26.2 Å². The van der Waals surface area contributed by atoms with Gasteiger partial charge in [0.05, 0.1) is 0 Å². The van der Waals surface area contributed by atoms with E-state index < -0.39 is 14.4 Å². The van der Waals surface area contributed by atoms with Crippen LogP contribution in [0.25, 0.3) is 0 Å². The first kappa shape index (κ1) is 21.4. The van der Waals surface area contributed by atoms with Crippen LogP contribution in [0.15, 0.2) is 152 Å². The first-order valence-electron chi connectivity index (χ1n) is 11.2. The highest BCUT2D eigenvalue weighted by atomic mass is 31.4. The molecule has 3 heteroatoms. The molecular formula is C30H25OPSi. The third kappa shape index (κ3) is 3.52. The Morgan fingerprint density at radius 1 is 0.364 bits per heavy atom. The van der Waals surface area contributed by atoms with Gasteiger partial charge in [-0.25, -0.2) is 0 Å². The number of hydrogen-bond acceptors (Lipinski definition) is 1. The summed E-state index contributed by atoms with van der Waals surface area (Å²) in [6.45, 7) is -3.19. The molecular weight excluding hydrogens is 435 g/mol. The number of hydrogen-bond donors (Lipinski definition) is 0. The van der Waals surface area contributed by atoms with Gasteiger partial charge in [0.15, 0.2) is 0 Å². The lowest BCUT2D eigenvalue weighted by molar-refractivity contribution is 0.594. The molecule has 33 heavy (non-hydrogen) atoms. The molecule has 5 aromatic carbocycles. The third-order valence-electron chi connectivity index (χ3n) is 6.29. The standard InChI is InChI=1S/C30H25OPSi/c31-32(26-16-6-1-7-17-26,27-18-8-2-9-19-27)33(28-20-10-3-11-21-28,29-22-12-4-13-23-29)30-24-14-5-15-25-30/h1-25H. The molecule has 0 fully saturated rings. The smallest absolute Gasteiger partial charge is 0.229 e. The molecule has 160 valence electrons. The molecule has 0 aliphatic heterocycles. The Kier molecular flexibility index (Phi) is 5.96. The second-order valence-corrected chi connectivity index (χ2v) is 17.4. The average molecular weight is 461 g/mol. The zero-order valence-corrected chi connectivity index (χ0v) is 20.2. The van der Waals surface area contributed by atoms with Gasteiger partial charge in [-0.05, 0) is 15.6 Å². The lowest BCUT2D eigenvalue weighted by atomic mass is 10.3. The molecule has 0 aliphatic carbocycles. The van der Waals surface area contributed by atoms with Crippen molar-refractivity contribution in [1.82, 2.24) is 0 Å². The largest absolute Gasteiger partial charge is 0.318 e. The molecule has 0 saturated heterocycles. The summed E-state index contributed by atoms with van der Waals surface area (Å²) in [7, 11) is -3.10. The van der Waals surface area contributed by atoms with Crippen LogP contribution in [0.2, 0.25) is 0 Å². The highest BCUT2D eigenvalue weighted by Gasteiger charge is 2.56. The summed E-state index contributed by atoms with van der Waals surface area (Å²) in [5, 5.41) is 5.26. The van der Waals surface area contributed by atoms with E-state index >= 15 is 4.57 Å². The predicted octanol–water partition coefficient (Wildman–Crippen LogP) is 4.67. The molecule has 0 aromatic heterocycles. The minimum Gasteiger partial charge on any atom is -0.318 e. The van der Waals surface area contributed by atoms with Crippen LogP contribution in [0.4, 0.5) is 0 Å². The van der Waals surface area contributed by atoms with Crippen LogP contribution < -0.4 is 26.2 Å². The molecule has 0 spiro atoms.